The first-order chi connectivity index (χ1) is 23.2. The predicted molar refractivity (Wildman–Crippen MR) is 191 cm³/mol. The van der Waals surface area contributed by atoms with E-state index in [0.29, 0.717) is 39.0 Å². The Hall–Kier alpha value is -4.87. The maximum atomic E-state index is 13.6. The zero-order chi connectivity index (χ0) is 34.0. The Kier molecular flexibility index (Phi) is 11.7. The summed E-state index contributed by atoms with van der Waals surface area (Å²) in [6.07, 6.45) is 4.21. The van der Waals surface area contributed by atoms with Crippen LogP contribution in [0.25, 0.3) is 6.08 Å². The van der Waals surface area contributed by atoms with Crippen molar-refractivity contribution in [3.05, 3.63) is 112 Å². The molecule has 3 N–H and O–H groups in total. The number of ether oxygens (including phenoxy) is 2. The third-order valence-corrected chi connectivity index (χ3v) is 9.84. The van der Waals surface area contributed by atoms with Gasteiger partial charge < -0.3 is 25.4 Å². The van der Waals surface area contributed by atoms with Crippen LogP contribution in [0.4, 0.5) is 10.7 Å². The molecule has 9 nitrogen and oxygen atoms in total. The minimum absolute atomic E-state index is 0.0243. The van der Waals surface area contributed by atoms with E-state index in [1.807, 2.05) is 18.2 Å². The summed E-state index contributed by atoms with van der Waals surface area (Å²) in [6.45, 7) is 4.21. The number of rotatable bonds is 12. The fourth-order valence-corrected chi connectivity index (χ4v) is 7.49. The van der Waals surface area contributed by atoms with Gasteiger partial charge in [0.1, 0.15) is 16.4 Å². The molecule has 0 saturated carbocycles. The number of anilines is 2. The Labute approximate surface area is 288 Å². The Bertz CT molecular complexity index is 1840. The number of carbonyl (C=O) groups excluding carboxylic acids is 4. The van der Waals surface area contributed by atoms with Crippen LogP contribution in [0.2, 0.25) is 0 Å². The molecule has 0 bridgehead atoms. The number of para-hydroxylation sites is 1. The van der Waals surface area contributed by atoms with Crippen LogP contribution in [0.5, 0.6) is 5.75 Å². The van der Waals surface area contributed by atoms with Crippen molar-refractivity contribution in [3.8, 4) is 5.75 Å². The highest BCUT2D eigenvalue weighted by Gasteiger charge is 2.29. The molecule has 1 aliphatic rings. The molecule has 1 unspecified atom stereocenters. The second kappa shape index (κ2) is 16.3. The average Bonchev–Trinajstić information content (AvgIpc) is 3.44. The Morgan fingerprint density at radius 1 is 0.979 bits per heavy atom. The highest BCUT2D eigenvalue weighted by molar-refractivity contribution is 8.00. The lowest BCUT2D eigenvalue weighted by atomic mass is 9.88. The van der Waals surface area contributed by atoms with Crippen LogP contribution in [0.3, 0.4) is 0 Å². The van der Waals surface area contributed by atoms with Crippen LogP contribution in [-0.4, -0.2) is 43.2 Å². The van der Waals surface area contributed by atoms with E-state index in [-0.39, 0.29) is 24.0 Å². The molecule has 11 heteroatoms. The van der Waals surface area contributed by atoms with Crippen molar-refractivity contribution >= 4 is 63.6 Å². The number of hydrogen-bond donors (Lipinski definition) is 3. The number of fused-ring (bicyclic) bond motifs is 1. The number of carbonyl (C=O) groups is 4. The smallest absolute Gasteiger partial charge is 0.341 e. The largest absolute Gasteiger partial charge is 0.496 e. The van der Waals surface area contributed by atoms with E-state index in [2.05, 4.69) is 22.9 Å². The van der Waals surface area contributed by atoms with Crippen LogP contribution in [0, 0.1) is 5.92 Å². The van der Waals surface area contributed by atoms with Gasteiger partial charge in [0.2, 0.25) is 5.91 Å². The van der Waals surface area contributed by atoms with Crippen molar-refractivity contribution in [2.24, 2.45) is 5.92 Å². The minimum Gasteiger partial charge on any atom is -0.496 e. The summed E-state index contributed by atoms with van der Waals surface area (Å²) < 4.78 is 10.8. The molecule has 1 aromatic heterocycles. The summed E-state index contributed by atoms with van der Waals surface area (Å²) in [5.74, 6) is -0.481. The Morgan fingerprint density at radius 3 is 2.52 bits per heavy atom. The number of hydrogen-bond acceptors (Lipinski definition) is 8. The van der Waals surface area contributed by atoms with E-state index in [0.717, 1.165) is 34.6 Å². The summed E-state index contributed by atoms with van der Waals surface area (Å²) in [4.78, 5) is 54.4. The van der Waals surface area contributed by atoms with Gasteiger partial charge in [-0.25, -0.2) is 4.79 Å². The van der Waals surface area contributed by atoms with Gasteiger partial charge in [-0.05, 0) is 80.1 Å². The van der Waals surface area contributed by atoms with E-state index in [1.54, 1.807) is 73.7 Å². The molecule has 4 aromatic rings. The molecule has 0 saturated heterocycles. The van der Waals surface area contributed by atoms with Crippen molar-refractivity contribution in [1.82, 2.24) is 5.32 Å². The Balaban J connectivity index is 1.28. The summed E-state index contributed by atoms with van der Waals surface area (Å²) >= 11 is 2.75. The zero-order valence-electron chi connectivity index (χ0n) is 27.0. The molecule has 1 heterocycles. The van der Waals surface area contributed by atoms with Crippen molar-refractivity contribution in [3.63, 3.8) is 0 Å². The van der Waals surface area contributed by atoms with Crippen LogP contribution < -0.4 is 20.7 Å². The number of esters is 1. The van der Waals surface area contributed by atoms with E-state index in [9.17, 15) is 19.2 Å². The number of amides is 3. The van der Waals surface area contributed by atoms with Crippen molar-refractivity contribution < 1.29 is 28.7 Å². The van der Waals surface area contributed by atoms with Gasteiger partial charge in [-0.15, -0.1) is 23.1 Å². The first-order valence-electron chi connectivity index (χ1n) is 15.6. The molecule has 0 radical (unpaired) electrons. The topological polar surface area (TPSA) is 123 Å². The quantitative estimate of drug-likeness (QED) is 0.0820. The van der Waals surface area contributed by atoms with Gasteiger partial charge in [-0.1, -0.05) is 49.4 Å². The lowest BCUT2D eigenvalue weighted by molar-refractivity contribution is -0.114. The lowest BCUT2D eigenvalue weighted by Crippen LogP contribution is -2.30. The second-order valence-electron chi connectivity index (χ2n) is 11.2. The van der Waals surface area contributed by atoms with Gasteiger partial charge >= 0.3 is 5.97 Å². The fourth-order valence-electron chi connectivity index (χ4n) is 5.32. The first-order valence-corrected chi connectivity index (χ1v) is 17.4. The summed E-state index contributed by atoms with van der Waals surface area (Å²) in [5.41, 5.74) is 2.98. The Morgan fingerprint density at radius 2 is 1.75 bits per heavy atom. The van der Waals surface area contributed by atoms with E-state index < -0.39 is 17.8 Å². The summed E-state index contributed by atoms with van der Waals surface area (Å²) in [7, 11) is 1.53. The van der Waals surface area contributed by atoms with Gasteiger partial charge in [0.05, 0.1) is 25.0 Å². The van der Waals surface area contributed by atoms with Crippen molar-refractivity contribution in [2.75, 3.05) is 30.1 Å². The third kappa shape index (κ3) is 8.72. The number of benzene rings is 3. The molecule has 0 spiro atoms. The highest BCUT2D eigenvalue weighted by Crippen LogP contribution is 2.40. The van der Waals surface area contributed by atoms with E-state index in [4.69, 9.17) is 9.47 Å². The molecule has 0 aliphatic heterocycles. The second-order valence-corrected chi connectivity index (χ2v) is 13.4. The van der Waals surface area contributed by atoms with Crippen molar-refractivity contribution in [1.29, 1.82) is 0 Å². The summed E-state index contributed by atoms with van der Waals surface area (Å²) in [5, 5.41) is 9.08. The predicted octanol–water partition coefficient (Wildman–Crippen LogP) is 7.20. The third-order valence-electron chi connectivity index (χ3n) is 7.67. The van der Waals surface area contributed by atoms with E-state index >= 15 is 0 Å². The molecular formula is C37H37N3O6S2. The number of nitrogens with one attached hydrogen (secondary N) is 3. The van der Waals surface area contributed by atoms with Gasteiger partial charge in [0.25, 0.3) is 11.8 Å². The van der Waals surface area contributed by atoms with Gasteiger partial charge in [-0.2, -0.15) is 0 Å². The molecular weight excluding hydrogens is 647 g/mol. The monoisotopic (exact) mass is 683 g/mol. The maximum Gasteiger partial charge on any atom is 0.341 e. The molecule has 248 valence electrons. The average molecular weight is 684 g/mol. The van der Waals surface area contributed by atoms with Crippen LogP contribution in [0.15, 0.2) is 89.5 Å². The lowest BCUT2D eigenvalue weighted by Gasteiger charge is -2.18. The molecule has 1 aliphatic carbocycles. The maximum absolute atomic E-state index is 13.6. The van der Waals surface area contributed by atoms with Crippen LogP contribution >= 0.6 is 23.1 Å². The van der Waals surface area contributed by atoms with Crippen LogP contribution in [0.1, 0.15) is 57.0 Å². The number of thioether (sulfide) groups is 1. The number of thiophene rings is 1. The fraction of sp³-hybridized carbons (Fsp3) is 0.243. The number of methoxy groups -OCH3 is 1. The highest BCUT2D eigenvalue weighted by atomic mass is 32.2. The molecule has 3 aromatic carbocycles. The van der Waals surface area contributed by atoms with Gasteiger partial charge in [0, 0.05) is 26.6 Å². The minimum atomic E-state index is -0.535. The first kappa shape index (κ1) is 34.5. The van der Waals surface area contributed by atoms with Crippen LogP contribution in [-0.2, 0) is 27.2 Å². The zero-order valence-corrected chi connectivity index (χ0v) is 28.6. The molecule has 0 fully saturated rings. The molecule has 48 heavy (non-hydrogen) atoms. The van der Waals surface area contributed by atoms with Gasteiger partial charge in [0.15, 0.2) is 0 Å². The molecule has 1 atom stereocenters. The summed E-state index contributed by atoms with van der Waals surface area (Å²) in [6, 6.07) is 22.9. The van der Waals surface area contributed by atoms with Crippen molar-refractivity contribution in [2.45, 2.75) is 38.0 Å². The van der Waals surface area contributed by atoms with Gasteiger partial charge in [-0.3, -0.25) is 14.4 Å². The SMILES string of the molecule is CCOC(=O)c1c(NC(=O)CSc2cccc(NC(=O)/C(=C\c3ccccc3OC)NC(=O)c3ccccc3)c2)sc2c1CCC(C)C2. The standard InChI is InChI=1S/C37H37N3O6S2/c1-4-46-37(44)33-28-18-17-23(2)19-31(28)48-36(33)40-32(41)22-47-27-15-10-14-26(21-27)38-35(43)29(20-25-13-8-9-16-30(25)45-3)39-34(42)24-11-6-5-7-12-24/h5-16,20-21,23H,4,17-19,22H2,1-3H3,(H,38,43)(H,39,42)(H,40,41)/b29-20+. The molecule has 3 amide bonds. The van der Waals surface area contributed by atoms with E-state index in [1.165, 1.54) is 30.2 Å². The molecule has 5 rings (SSSR count). The normalized spacial score (nSPS) is 14.0.